The number of carbonyl (C=O) groups excluding carboxylic acids is 2. The van der Waals surface area contributed by atoms with Crippen molar-refractivity contribution in [1.29, 1.82) is 0 Å². The van der Waals surface area contributed by atoms with Gasteiger partial charge in [0.25, 0.3) is 10.0 Å². The molecule has 1 saturated heterocycles. The van der Waals surface area contributed by atoms with Crippen molar-refractivity contribution in [2.24, 2.45) is 23.7 Å². The van der Waals surface area contributed by atoms with E-state index in [9.17, 15) is 28.2 Å². The first-order valence-electron chi connectivity index (χ1n) is 12.0. The maximum atomic E-state index is 13.2. The quantitative estimate of drug-likeness (QED) is 0.172. The van der Waals surface area contributed by atoms with Crippen LogP contribution in [0.2, 0.25) is 0 Å². The summed E-state index contributed by atoms with van der Waals surface area (Å²) in [6.07, 6.45) is 7.15. The zero-order chi connectivity index (χ0) is 25.2. The molecule has 12 heteroatoms. The third kappa shape index (κ3) is 5.53. The molecule has 0 radical (unpaired) electrons. The Morgan fingerprint density at radius 1 is 1.14 bits per heavy atom. The zero-order valence-corrected chi connectivity index (χ0v) is 21.4. The van der Waals surface area contributed by atoms with Gasteiger partial charge in [-0.15, -0.1) is 0 Å². The third-order valence-corrected chi connectivity index (χ3v) is 9.99. The lowest BCUT2D eigenvalue weighted by Gasteiger charge is -2.24. The normalized spacial score (nSPS) is 31.7. The summed E-state index contributed by atoms with van der Waals surface area (Å²) in [4.78, 5) is 25.8. The molecule has 0 aromatic heterocycles. The van der Waals surface area contributed by atoms with E-state index in [4.69, 9.17) is 9.47 Å². The van der Waals surface area contributed by atoms with Gasteiger partial charge in [0.2, 0.25) is 11.8 Å². The summed E-state index contributed by atoms with van der Waals surface area (Å²) in [6, 6.07) is 0. The SMILES string of the molecule is CSCC(O)NCCOCCOC(O)C1=CCC(S(=O)(=O)N2C(=O)C3C4CCC(C4)C3C2=O)C=C1. The van der Waals surface area contributed by atoms with Gasteiger partial charge in [-0.1, -0.05) is 18.2 Å². The lowest BCUT2D eigenvalue weighted by molar-refractivity contribution is -0.134. The molecule has 3 fully saturated rings. The van der Waals surface area contributed by atoms with Gasteiger partial charge in [-0.05, 0) is 43.8 Å². The van der Waals surface area contributed by atoms with E-state index in [1.54, 1.807) is 6.08 Å². The molecule has 1 heterocycles. The summed E-state index contributed by atoms with van der Waals surface area (Å²) in [5.74, 6) is -1.26. The number of thioether (sulfide) groups is 1. The second-order valence-electron chi connectivity index (χ2n) is 9.47. The lowest BCUT2D eigenvalue weighted by Crippen LogP contribution is -2.43. The van der Waals surface area contributed by atoms with Gasteiger partial charge in [-0.25, -0.2) is 8.42 Å². The number of sulfonamides is 1. The van der Waals surface area contributed by atoms with Crippen LogP contribution in [-0.2, 0) is 29.1 Å². The molecule has 3 aliphatic carbocycles. The number of aliphatic hydroxyl groups is 2. The highest BCUT2D eigenvalue weighted by atomic mass is 32.2. The largest absolute Gasteiger partial charge is 0.378 e. The fourth-order valence-corrected chi connectivity index (χ4v) is 7.79. The van der Waals surface area contributed by atoms with Gasteiger partial charge in [0.05, 0.1) is 31.7 Å². The fraction of sp³-hybridized carbons (Fsp3) is 0.739. The maximum Gasteiger partial charge on any atom is 0.250 e. The Bertz CT molecular complexity index is 941. The molecule has 196 valence electrons. The summed E-state index contributed by atoms with van der Waals surface area (Å²) in [6.45, 7) is 1.24. The predicted octanol–water partition coefficient (Wildman–Crippen LogP) is 0.225. The average Bonchev–Trinajstić information content (AvgIpc) is 3.52. The molecule has 1 aliphatic heterocycles. The first kappa shape index (κ1) is 26.8. The van der Waals surface area contributed by atoms with Gasteiger partial charge in [0, 0.05) is 17.9 Å². The number of nitrogens with zero attached hydrogens (tertiary/aromatic N) is 1. The van der Waals surface area contributed by atoms with Crippen molar-refractivity contribution in [3.05, 3.63) is 23.8 Å². The van der Waals surface area contributed by atoms with Crippen molar-refractivity contribution in [3.63, 3.8) is 0 Å². The molecule has 7 atom stereocenters. The van der Waals surface area contributed by atoms with Crippen molar-refractivity contribution < 1.29 is 37.7 Å². The molecule has 7 unspecified atom stereocenters. The number of ether oxygens (including phenoxy) is 2. The smallest absolute Gasteiger partial charge is 0.250 e. The van der Waals surface area contributed by atoms with Gasteiger partial charge >= 0.3 is 0 Å². The van der Waals surface area contributed by atoms with Crippen LogP contribution >= 0.6 is 11.8 Å². The molecule has 2 amide bonds. The molecular formula is C23H34N2O8S2. The second kappa shape index (κ2) is 11.4. The third-order valence-electron chi connectivity index (χ3n) is 7.35. The Labute approximate surface area is 210 Å². The van der Waals surface area contributed by atoms with Gasteiger partial charge in [-0.2, -0.15) is 16.1 Å². The number of aliphatic hydroxyl groups excluding tert-OH is 2. The fourth-order valence-electron chi connectivity index (χ4n) is 5.72. The minimum Gasteiger partial charge on any atom is -0.378 e. The van der Waals surface area contributed by atoms with Crippen LogP contribution in [0.4, 0.5) is 0 Å². The van der Waals surface area contributed by atoms with Crippen molar-refractivity contribution in [2.45, 2.75) is 43.5 Å². The molecule has 10 nitrogen and oxygen atoms in total. The van der Waals surface area contributed by atoms with Crippen molar-refractivity contribution >= 4 is 33.6 Å². The van der Waals surface area contributed by atoms with Crippen LogP contribution in [-0.4, -0.2) is 90.9 Å². The van der Waals surface area contributed by atoms with E-state index in [2.05, 4.69) is 5.32 Å². The zero-order valence-electron chi connectivity index (χ0n) is 19.7. The van der Waals surface area contributed by atoms with E-state index >= 15 is 0 Å². The number of rotatable bonds is 13. The Kier molecular flexibility index (Phi) is 8.73. The minimum absolute atomic E-state index is 0.0361. The van der Waals surface area contributed by atoms with Gasteiger partial charge in [0.15, 0.2) is 6.29 Å². The molecule has 2 saturated carbocycles. The van der Waals surface area contributed by atoms with Crippen LogP contribution in [0.15, 0.2) is 23.8 Å². The Balaban J connectivity index is 1.22. The monoisotopic (exact) mass is 530 g/mol. The minimum atomic E-state index is -4.17. The lowest BCUT2D eigenvalue weighted by atomic mass is 9.81. The molecule has 0 spiro atoms. The average molecular weight is 531 g/mol. The van der Waals surface area contributed by atoms with Crippen LogP contribution in [0.3, 0.4) is 0 Å². The molecule has 3 N–H and O–H groups in total. The van der Waals surface area contributed by atoms with Crippen LogP contribution < -0.4 is 5.32 Å². The molecule has 0 aromatic carbocycles. The highest BCUT2D eigenvalue weighted by molar-refractivity contribution is 7.98. The van der Waals surface area contributed by atoms with E-state index in [1.165, 1.54) is 23.9 Å². The molecule has 4 aliphatic rings. The van der Waals surface area contributed by atoms with E-state index < -0.39 is 51.4 Å². The molecule has 2 bridgehead atoms. The van der Waals surface area contributed by atoms with Crippen LogP contribution in [0.1, 0.15) is 25.7 Å². The van der Waals surface area contributed by atoms with Crippen molar-refractivity contribution in [3.8, 4) is 0 Å². The Morgan fingerprint density at radius 2 is 1.83 bits per heavy atom. The molecule has 35 heavy (non-hydrogen) atoms. The summed E-state index contributed by atoms with van der Waals surface area (Å²) >= 11 is 1.53. The first-order chi connectivity index (χ1) is 16.8. The number of nitrogens with one attached hydrogen (secondary N) is 1. The van der Waals surface area contributed by atoms with E-state index in [0.29, 0.717) is 28.8 Å². The highest BCUT2D eigenvalue weighted by Crippen LogP contribution is 2.56. The second-order valence-corrected chi connectivity index (χ2v) is 12.4. The number of imide groups is 1. The van der Waals surface area contributed by atoms with Crippen molar-refractivity contribution in [1.82, 2.24) is 9.62 Å². The first-order valence-corrected chi connectivity index (χ1v) is 14.9. The maximum absolute atomic E-state index is 13.2. The molecular weight excluding hydrogens is 496 g/mol. The van der Waals surface area contributed by atoms with E-state index in [0.717, 1.165) is 19.3 Å². The van der Waals surface area contributed by atoms with E-state index in [-0.39, 0.29) is 31.5 Å². The topological polar surface area (TPSA) is 142 Å². The highest BCUT2D eigenvalue weighted by Gasteiger charge is 2.63. The molecule has 0 aromatic rings. The predicted molar refractivity (Wildman–Crippen MR) is 129 cm³/mol. The summed E-state index contributed by atoms with van der Waals surface area (Å²) in [5, 5.41) is 21.7. The summed E-state index contributed by atoms with van der Waals surface area (Å²) in [5.41, 5.74) is 0.410. The van der Waals surface area contributed by atoms with E-state index in [1.807, 2.05) is 6.26 Å². The Morgan fingerprint density at radius 3 is 2.43 bits per heavy atom. The standard InChI is InChI=1S/C23H34N2O8S2/c1-34-13-18(26)24-8-9-32-10-11-33-23(29)14-4-6-17(7-5-14)35(30,31)25-21(27)19-15-2-3-16(12-15)20(19)22(25)28/h4-6,15-20,23-24,26,29H,2-3,7-13H2,1H3. The van der Waals surface area contributed by atoms with Crippen molar-refractivity contribution in [2.75, 3.05) is 38.4 Å². The van der Waals surface area contributed by atoms with Crippen LogP contribution in [0.25, 0.3) is 0 Å². The van der Waals surface area contributed by atoms with Crippen LogP contribution in [0, 0.1) is 23.7 Å². The number of fused-ring (bicyclic) bond motifs is 5. The van der Waals surface area contributed by atoms with Gasteiger partial charge in [0.1, 0.15) is 11.5 Å². The van der Waals surface area contributed by atoms with Gasteiger partial charge in [-0.3, -0.25) is 14.9 Å². The number of allylic oxidation sites excluding steroid dienone is 1. The molecule has 4 rings (SSSR count). The number of amides is 2. The van der Waals surface area contributed by atoms with Crippen LogP contribution in [0.5, 0.6) is 0 Å². The Hall–Kier alpha value is -1.28. The summed E-state index contributed by atoms with van der Waals surface area (Å²) in [7, 11) is -4.17. The summed E-state index contributed by atoms with van der Waals surface area (Å²) < 4.78 is 37.7. The number of carbonyl (C=O) groups is 2. The number of hydrogen-bond donors (Lipinski definition) is 3. The number of hydrogen-bond acceptors (Lipinski definition) is 10. The van der Waals surface area contributed by atoms with Gasteiger partial charge < -0.3 is 19.7 Å².